The number of hydrogen-bond donors (Lipinski definition) is 2. The summed E-state index contributed by atoms with van der Waals surface area (Å²) in [5.41, 5.74) is 0.136. The molecule has 2 N–H and O–H groups in total. The number of alkyl halides is 3. The van der Waals surface area contributed by atoms with Crippen LogP contribution < -0.4 is 5.32 Å². The first-order valence-electron chi connectivity index (χ1n) is 7.33. The van der Waals surface area contributed by atoms with Crippen molar-refractivity contribution in [1.82, 2.24) is 20.5 Å². The first-order valence-corrected chi connectivity index (χ1v) is 7.33. The molecule has 3 rings (SSSR count). The molecule has 1 fully saturated rings. The van der Waals surface area contributed by atoms with E-state index in [1.165, 1.54) is 31.3 Å². The Hall–Kier alpha value is -1.89. The van der Waals surface area contributed by atoms with Crippen LogP contribution in [0.15, 0.2) is 24.5 Å². The molecule has 22 heavy (non-hydrogen) atoms. The van der Waals surface area contributed by atoms with Gasteiger partial charge in [0, 0.05) is 24.3 Å². The molecule has 2 aromatic rings. The topological polar surface area (TPSA) is 53.6 Å². The summed E-state index contributed by atoms with van der Waals surface area (Å²) in [5.74, 6) is 0. The third-order valence-corrected chi connectivity index (χ3v) is 3.96. The zero-order valence-electron chi connectivity index (χ0n) is 12.0. The molecule has 1 saturated carbocycles. The summed E-state index contributed by atoms with van der Waals surface area (Å²) in [6.45, 7) is 0.480. The monoisotopic (exact) mass is 310 g/mol. The molecule has 1 aliphatic carbocycles. The molecule has 2 heterocycles. The summed E-state index contributed by atoms with van der Waals surface area (Å²) in [7, 11) is 0. The Morgan fingerprint density at radius 1 is 1.23 bits per heavy atom. The number of nitrogens with zero attached hydrogens (tertiary/aromatic N) is 2. The second-order valence-corrected chi connectivity index (χ2v) is 5.55. The van der Waals surface area contributed by atoms with Gasteiger partial charge in [0.25, 0.3) is 0 Å². The molecule has 118 valence electrons. The lowest BCUT2D eigenvalue weighted by Gasteiger charge is -2.15. The van der Waals surface area contributed by atoms with Gasteiger partial charge in [-0.15, -0.1) is 0 Å². The summed E-state index contributed by atoms with van der Waals surface area (Å²) >= 11 is 0. The Morgan fingerprint density at radius 3 is 2.64 bits per heavy atom. The standard InChI is InChI=1S/C15H17F3N4/c16-15(17,18)13-6-5-12(9-19-11-3-1-2-4-11)22-14(13)10-7-20-21-8-10/h5-8,11,19H,1-4,9H2,(H,20,21). The fraction of sp³-hybridized carbons (Fsp3) is 0.467. The van der Waals surface area contributed by atoms with Gasteiger partial charge < -0.3 is 5.32 Å². The van der Waals surface area contributed by atoms with E-state index in [0.29, 0.717) is 23.8 Å². The summed E-state index contributed by atoms with van der Waals surface area (Å²) in [5, 5.41) is 9.60. The minimum Gasteiger partial charge on any atom is -0.308 e. The lowest BCUT2D eigenvalue weighted by molar-refractivity contribution is -0.137. The molecule has 0 saturated heterocycles. The lowest BCUT2D eigenvalue weighted by atomic mass is 10.1. The molecule has 0 atom stereocenters. The second-order valence-electron chi connectivity index (χ2n) is 5.55. The van der Waals surface area contributed by atoms with Crippen molar-refractivity contribution in [2.45, 2.75) is 44.4 Å². The molecule has 0 aromatic carbocycles. The molecule has 0 bridgehead atoms. The van der Waals surface area contributed by atoms with Crippen molar-refractivity contribution in [3.63, 3.8) is 0 Å². The number of aromatic nitrogens is 3. The van der Waals surface area contributed by atoms with E-state index >= 15 is 0 Å². The molecular formula is C15H17F3N4. The van der Waals surface area contributed by atoms with Crippen molar-refractivity contribution < 1.29 is 13.2 Å². The minimum atomic E-state index is -4.43. The van der Waals surface area contributed by atoms with Crippen molar-refractivity contribution in [2.24, 2.45) is 0 Å². The average molecular weight is 310 g/mol. The maximum Gasteiger partial charge on any atom is 0.418 e. The molecule has 0 unspecified atom stereocenters. The van der Waals surface area contributed by atoms with Crippen LogP contribution in [-0.4, -0.2) is 21.2 Å². The quantitative estimate of drug-likeness (QED) is 0.908. The zero-order valence-corrected chi connectivity index (χ0v) is 12.0. The fourth-order valence-electron chi connectivity index (χ4n) is 2.81. The van der Waals surface area contributed by atoms with Gasteiger partial charge in [0.2, 0.25) is 0 Å². The van der Waals surface area contributed by atoms with Crippen molar-refractivity contribution in [3.8, 4) is 11.3 Å². The van der Waals surface area contributed by atoms with Crippen molar-refractivity contribution in [1.29, 1.82) is 0 Å². The Labute approximate surface area is 126 Å². The van der Waals surface area contributed by atoms with Crippen LogP contribution in [0, 0.1) is 0 Å². The number of H-pyrrole nitrogens is 1. The van der Waals surface area contributed by atoms with Gasteiger partial charge in [-0.05, 0) is 25.0 Å². The van der Waals surface area contributed by atoms with E-state index in [2.05, 4.69) is 20.5 Å². The second kappa shape index (κ2) is 6.08. The Balaban J connectivity index is 1.85. The largest absolute Gasteiger partial charge is 0.418 e. The highest BCUT2D eigenvalue weighted by Gasteiger charge is 2.34. The Bertz CT molecular complexity index is 616. The van der Waals surface area contributed by atoms with E-state index < -0.39 is 11.7 Å². The molecular weight excluding hydrogens is 293 g/mol. The number of hydrogen-bond acceptors (Lipinski definition) is 3. The normalized spacial score (nSPS) is 16.3. The summed E-state index contributed by atoms with van der Waals surface area (Å²) in [6, 6.07) is 2.98. The Morgan fingerprint density at radius 2 is 2.00 bits per heavy atom. The van der Waals surface area contributed by atoms with Crippen molar-refractivity contribution in [2.75, 3.05) is 0 Å². The SMILES string of the molecule is FC(F)(F)c1ccc(CNC2CCCC2)nc1-c1cn[nH]c1. The summed E-state index contributed by atoms with van der Waals surface area (Å²) in [6.07, 6.45) is 3.00. The molecule has 4 nitrogen and oxygen atoms in total. The highest BCUT2D eigenvalue weighted by Crippen LogP contribution is 2.35. The number of nitrogens with one attached hydrogen (secondary N) is 2. The van der Waals surface area contributed by atoms with Gasteiger partial charge in [-0.3, -0.25) is 10.1 Å². The molecule has 2 aromatic heterocycles. The zero-order chi connectivity index (χ0) is 15.6. The lowest BCUT2D eigenvalue weighted by Crippen LogP contribution is -2.26. The predicted molar refractivity (Wildman–Crippen MR) is 75.9 cm³/mol. The van der Waals surface area contributed by atoms with Crippen LogP contribution >= 0.6 is 0 Å². The van der Waals surface area contributed by atoms with Gasteiger partial charge in [0.05, 0.1) is 23.1 Å². The van der Waals surface area contributed by atoms with Crippen molar-refractivity contribution >= 4 is 0 Å². The van der Waals surface area contributed by atoms with Crippen LogP contribution in [0.5, 0.6) is 0 Å². The highest BCUT2D eigenvalue weighted by atomic mass is 19.4. The van der Waals surface area contributed by atoms with E-state index in [0.717, 1.165) is 18.9 Å². The van der Waals surface area contributed by atoms with Crippen molar-refractivity contribution in [3.05, 3.63) is 35.8 Å². The van der Waals surface area contributed by atoms with Gasteiger partial charge >= 0.3 is 6.18 Å². The third-order valence-electron chi connectivity index (χ3n) is 3.96. The van der Waals surface area contributed by atoms with Crippen LogP contribution in [0.25, 0.3) is 11.3 Å². The molecule has 1 aliphatic rings. The van der Waals surface area contributed by atoms with Crippen LogP contribution in [0.1, 0.15) is 36.9 Å². The Kier molecular flexibility index (Phi) is 4.15. The van der Waals surface area contributed by atoms with E-state index in [-0.39, 0.29) is 5.69 Å². The highest BCUT2D eigenvalue weighted by molar-refractivity contribution is 5.62. The van der Waals surface area contributed by atoms with Gasteiger partial charge in [-0.2, -0.15) is 18.3 Å². The fourth-order valence-corrected chi connectivity index (χ4v) is 2.81. The van der Waals surface area contributed by atoms with E-state index in [1.807, 2.05) is 0 Å². The number of rotatable bonds is 4. The molecule has 0 aliphatic heterocycles. The maximum atomic E-state index is 13.1. The predicted octanol–water partition coefficient (Wildman–Crippen LogP) is 3.52. The number of pyridine rings is 1. The third kappa shape index (κ3) is 3.30. The van der Waals surface area contributed by atoms with Gasteiger partial charge in [-0.1, -0.05) is 12.8 Å². The maximum absolute atomic E-state index is 13.1. The molecule has 7 heteroatoms. The minimum absolute atomic E-state index is 0.0769. The molecule has 0 amide bonds. The van der Waals surface area contributed by atoms with Gasteiger partial charge in [0.15, 0.2) is 0 Å². The number of halogens is 3. The molecule has 0 radical (unpaired) electrons. The smallest absolute Gasteiger partial charge is 0.308 e. The van der Waals surface area contributed by atoms with Crippen LogP contribution in [0.2, 0.25) is 0 Å². The average Bonchev–Trinajstić information content (AvgIpc) is 3.17. The van der Waals surface area contributed by atoms with E-state index in [4.69, 9.17) is 0 Å². The summed E-state index contributed by atoms with van der Waals surface area (Å²) in [4.78, 5) is 4.20. The number of aromatic amines is 1. The first kappa shape index (κ1) is 15.0. The van der Waals surface area contributed by atoms with Crippen LogP contribution in [-0.2, 0) is 12.7 Å². The van der Waals surface area contributed by atoms with Crippen LogP contribution in [0.4, 0.5) is 13.2 Å². The van der Waals surface area contributed by atoms with Crippen LogP contribution in [0.3, 0.4) is 0 Å². The van der Waals surface area contributed by atoms with E-state index in [9.17, 15) is 13.2 Å². The van der Waals surface area contributed by atoms with Gasteiger partial charge in [-0.25, -0.2) is 0 Å². The van der Waals surface area contributed by atoms with Gasteiger partial charge in [0.1, 0.15) is 0 Å². The van der Waals surface area contributed by atoms with E-state index in [1.54, 1.807) is 0 Å². The molecule has 0 spiro atoms. The summed E-state index contributed by atoms with van der Waals surface area (Å²) < 4.78 is 39.4. The first-order chi connectivity index (χ1) is 10.5.